The highest BCUT2D eigenvalue weighted by molar-refractivity contribution is 6.05. The fourth-order valence-electron chi connectivity index (χ4n) is 4.16. The fraction of sp³-hybridized carbons (Fsp3) is 0.261. The zero-order valence-electron chi connectivity index (χ0n) is 16.1. The zero-order chi connectivity index (χ0) is 20.1. The SMILES string of the molecule is Cc1c(-c2nn(CC3CC3)c(=O)c3ccccc23)c2ccccc2n1CC(=O)O. The molecule has 6 heteroatoms. The average Bonchev–Trinajstić information content (AvgIpc) is 3.49. The monoisotopic (exact) mass is 387 g/mol. The Hall–Kier alpha value is -3.41. The van der Waals surface area contributed by atoms with Crippen molar-refractivity contribution >= 4 is 27.6 Å². The van der Waals surface area contributed by atoms with Crippen molar-refractivity contribution in [1.29, 1.82) is 0 Å². The predicted octanol–water partition coefficient (Wildman–Crippen LogP) is 3.82. The van der Waals surface area contributed by atoms with E-state index in [1.807, 2.05) is 55.5 Å². The summed E-state index contributed by atoms with van der Waals surface area (Å²) < 4.78 is 3.40. The van der Waals surface area contributed by atoms with Gasteiger partial charge >= 0.3 is 5.97 Å². The van der Waals surface area contributed by atoms with E-state index in [4.69, 9.17) is 5.10 Å². The molecule has 0 spiro atoms. The lowest BCUT2D eigenvalue weighted by Gasteiger charge is -2.12. The summed E-state index contributed by atoms with van der Waals surface area (Å²) >= 11 is 0. The van der Waals surface area contributed by atoms with Crippen molar-refractivity contribution < 1.29 is 9.90 Å². The number of carbonyl (C=O) groups is 1. The van der Waals surface area contributed by atoms with E-state index >= 15 is 0 Å². The van der Waals surface area contributed by atoms with E-state index in [0.717, 1.165) is 46.1 Å². The van der Waals surface area contributed by atoms with Crippen LogP contribution in [-0.4, -0.2) is 25.4 Å². The quantitative estimate of drug-likeness (QED) is 0.565. The molecule has 0 saturated heterocycles. The molecule has 1 saturated carbocycles. The molecular formula is C23H21N3O3. The molecule has 1 N–H and O–H groups in total. The summed E-state index contributed by atoms with van der Waals surface area (Å²) in [6.45, 7) is 2.43. The van der Waals surface area contributed by atoms with Gasteiger partial charge in [-0.1, -0.05) is 36.4 Å². The predicted molar refractivity (Wildman–Crippen MR) is 112 cm³/mol. The molecule has 0 bridgehead atoms. The molecule has 1 aliphatic rings. The van der Waals surface area contributed by atoms with Crippen molar-refractivity contribution in [2.24, 2.45) is 5.92 Å². The highest BCUT2D eigenvalue weighted by Gasteiger charge is 2.25. The molecular weight excluding hydrogens is 366 g/mol. The standard InChI is InChI=1S/C23H21N3O3/c1-14-21(18-8-4-5-9-19(18)25(14)13-20(27)28)22-16-6-2-3-7-17(16)23(29)26(24-22)12-15-10-11-15/h2-9,15H,10-13H2,1H3,(H,27,28). The number of aliphatic carboxylic acids is 1. The number of hydrogen-bond acceptors (Lipinski definition) is 3. The number of hydrogen-bond donors (Lipinski definition) is 1. The molecule has 1 aliphatic carbocycles. The first kappa shape index (κ1) is 17.7. The van der Waals surface area contributed by atoms with Gasteiger partial charge in [0.2, 0.25) is 0 Å². The van der Waals surface area contributed by atoms with Crippen LogP contribution in [-0.2, 0) is 17.9 Å². The molecule has 6 nitrogen and oxygen atoms in total. The summed E-state index contributed by atoms with van der Waals surface area (Å²) in [5.74, 6) is -0.374. The van der Waals surface area contributed by atoms with Crippen molar-refractivity contribution in [2.45, 2.75) is 32.9 Å². The third-order valence-electron chi connectivity index (χ3n) is 5.76. The van der Waals surface area contributed by atoms with Crippen molar-refractivity contribution in [3.05, 3.63) is 64.6 Å². The minimum Gasteiger partial charge on any atom is -0.480 e. The van der Waals surface area contributed by atoms with E-state index in [1.54, 1.807) is 9.25 Å². The Balaban J connectivity index is 1.85. The number of carboxylic acid groups (broad SMARTS) is 1. The minimum atomic E-state index is -0.892. The maximum Gasteiger partial charge on any atom is 0.323 e. The Morgan fingerprint density at radius 3 is 2.41 bits per heavy atom. The van der Waals surface area contributed by atoms with Crippen LogP contribution in [0.4, 0.5) is 0 Å². The second-order valence-corrected chi connectivity index (χ2v) is 7.78. The van der Waals surface area contributed by atoms with Gasteiger partial charge in [-0.15, -0.1) is 0 Å². The van der Waals surface area contributed by atoms with Gasteiger partial charge in [0.1, 0.15) is 12.2 Å². The summed E-state index contributed by atoms with van der Waals surface area (Å²) in [5, 5.41) is 16.6. The smallest absolute Gasteiger partial charge is 0.323 e. The molecule has 2 aromatic heterocycles. The van der Waals surface area contributed by atoms with Crippen molar-refractivity contribution in [3.8, 4) is 11.3 Å². The van der Waals surface area contributed by atoms with Gasteiger partial charge < -0.3 is 9.67 Å². The van der Waals surface area contributed by atoms with Crippen LogP contribution in [0.25, 0.3) is 32.9 Å². The van der Waals surface area contributed by atoms with Crippen LogP contribution in [0.3, 0.4) is 0 Å². The second kappa shape index (κ2) is 6.58. The Morgan fingerprint density at radius 2 is 1.72 bits per heavy atom. The van der Waals surface area contributed by atoms with Gasteiger partial charge in [0.25, 0.3) is 5.56 Å². The molecule has 0 unspecified atom stereocenters. The highest BCUT2D eigenvalue weighted by atomic mass is 16.4. The molecule has 1 fully saturated rings. The summed E-state index contributed by atoms with van der Waals surface area (Å²) in [5.41, 5.74) is 3.25. The lowest BCUT2D eigenvalue weighted by atomic mass is 10.0. The van der Waals surface area contributed by atoms with E-state index in [2.05, 4.69) is 0 Å². The molecule has 0 atom stereocenters. The first-order chi connectivity index (χ1) is 14.0. The Labute approximate surface area is 167 Å². The largest absolute Gasteiger partial charge is 0.480 e. The van der Waals surface area contributed by atoms with Gasteiger partial charge in [-0.2, -0.15) is 5.10 Å². The van der Waals surface area contributed by atoms with Gasteiger partial charge in [0, 0.05) is 34.1 Å². The van der Waals surface area contributed by atoms with Crippen LogP contribution < -0.4 is 5.56 Å². The fourth-order valence-corrected chi connectivity index (χ4v) is 4.16. The molecule has 0 amide bonds. The number of nitrogens with zero attached hydrogens (tertiary/aromatic N) is 3. The molecule has 29 heavy (non-hydrogen) atoms. The first-order valence-corrected chi connectivity index (χ1v) is 9.84. The molecule has 2 aromatic carbocycles. The summed E-state index contributed by atoms with van der Waals surface area (Å²) in [4.78, 5) is 24.5. The van der Waals surface area contributed by atoms with Crippen LogP contribution in [0.5, 0.6) is 0 Å². The van der Waals surface area contributed by atoms with E-state index in [1.165, 1.54) is 0 Å². The van der Waals surface area contributed by atoms with E-state index in [0.29, 0.717) is 17.8 Å². The molecule has 2 heterocycles. The number of rotatable bonds is 5. The van der Waals surface area contributed by atoms with Crippen molar-refractivity contribution in [3.63, 3.8) is 0 Å². The summed E-state index contributed by atoms with van der Waals surface area (Å²) in [6.07, 6.45) is 2.26. The van der Waals surface area contributed by atoms with Gasteiger partial charge in [-0.25, -0.2) is 4.68 Å². The lowest BCUT2D eigenvalue weighted by Crippen LogP contribution is -2.24. The van der Waals surface area contributed by atoms with E-state index in [9.17, 15) is 14.7 Å². The van der Waals surface area contributed by atoms with Crippen LogP contribution >= 0.6 is 0 Å². The van der Waals surface area contributed by atoms with Crippen molar-refractivity contribution in [1.82, 2.24) is 14.3 Å². The summed E-state index contributed by atoms with van der Waals surface area (Å²) in [7, 11) is 0. The molecule has 0 aliphatic heterocycles. The number of benzene rings is 2. The number of para-hydroxylation sites is 1. The molecule has 5 rings (SSSR count). The van der Waals surface area contributed by atoms with Gasteiger partial charge in [0.05, 0.1) is 5.39 Å². The van der Waals surface area contributed by atoms with Crippen LogP contribution in [0.15, 0.2) is 53.3 Å². The first-order valence-electron chi connectivity index (χ1n) is 9.84. The second-order valence-electron chi connectivity index (χ2n) is 7.78. The maximum atomic E-state index is 13.0. The van der Waals surface area contributed by atoms with E-state index < -0.39 is 5.97 Å². The Bertz CT molecular complexity index is 1330. The van der Waals surface area contributed by atoms with E-state index in [-0.39, 0.29) is 12.1 Å². The topological polar surface area (TPSA) is 77.1 Å². The van der Waals surface area contributed by atoms with Gasteiger partial charge in [-0.05, 0) is 37.8 Å². The van der Waals surface area contributed by atoms with Crippen LogP contribution in [0.2, 0.25) is 0 Å². The number of fused-ring (bicyclic) bond motifs is 2. The zero-order valence-corrected chi connectivity index (χ0v) is 16.1. The Kier molecular flexibility index (Phi) is 4.01. The van der Waals surface area contributed by atoms with Crippen LogP contribution in [0.1, 0.15) is 18.5 Å². The van der Waals surface area contributed by atoms with Crippen molar-refractivity contribution in [2.75, 3.05) is 0 Å². The lowest BCUT2D eigenvalue weighted by molar-refractivity contribution is -0.137. The summed E-state index contributed by atoms with van der Waals surface area (Å²) in [6, 6.07) is 15.3. The Morgan fingerprint density at radius 1 is 1.07 bits per heavy atom. The van der Waals surface area contributed by atoms with Gasteiger partial charge in [0.15, 0.2) is 0 Å². The van der Waals surface area contributed by atoms with Crippen LogP contribution in [0, 0.1) is 12.8 Å². The normalized spacial score (nSPS) is 14.0. The molecule has 4 aromatic rings. The minimum absolute atomic E-state index is 0.0665. The average molecular weight is 387 g/mol. The molecule has 0 radical (unpaired) electrons. The number of aromatic nitrogens is 3. The molecule has 146 valence electrons. The third kappa shape index (κ3) is 2.92. The highest BCUT2D eigenvalue weighted by Crippen LogP contribution is 2.37. The van der Waals surface area contributed by atoms with Gasteiger partial charge in [-0.3, -0.25) is 9.59 Å². The third-order valence-corrected chi connectivity index (χ3v) is 5.76. The number of carboxylic acids is 1. The maximum absolute atomic E-state index is 13.0.